The molecule has 0 unspecified atom stereocenters. The fourth-order valence-corrected chi connectivity index (χ4v) is 1.23. The van der Waals surface area contributed by atoms with Crippen LogP contribution in [0.2, 0.25) is 0 Å². The maximum atomic E-state index is 8.63. The van der Waals surface area contributed by atoms with Gasteiger partial charge < -0.3 is 16.7 Å². The number of anilines is 1. The second-order valence-corrected chi connectivity index (χ2v) is 3.33. The number of oxime groups is 1. The van der Waals surface area contributed by atoms with Crippen molar-refractivity contribution in [1.29, 1.82) is 0 Å². The van der Waals surface area contributed by atoms with Crippen molar-refractivity contribution in [2.24, 2.45) is 10.9 Å². The van der Waals surface area contributed by atoms with E-state index in [2.05, 4.69) is 21.7 Å². The van der Waals surface area contributed by atoms with Crippen LogP contribution in [-0.2, 0) is 0 Å². The monoisotopic (exact) mass is 245 g/mol. The van der Waals surface area contributed by atoms with Crippen LogP contribution in [0.1, 0.15) is 18.3 Å². The van der Waals surface area contributed by atoms with E-state index >= 15 is 0 Å². The molecule has 0 aliphatic heterocycles. The van der Waals surface area contributed by atoms with Crippen LogP contribution < -0.4 is 11.5 Å². The molecule has 6 heteroatoms. The van der Waals surface area contributed by atoms with Crippen LogP contribution in [0.25, 0.3) is 5.57 Å². The van der Waals surface area contributed by atoms with E-state index in [0.29, 0.717) is 5.69 Å². The number of nitrogens with two attached hydrogens (primary N) is 2. The van der Waals surface area contributed by atoms with Gasteiger partial charge in [-0.15, -0.1) is 0 Å². The quantitative estimate of drug-likeness (QED) is 0.243. The molecule has 1 rings (SSSR count). The van der Waals surface area contributed by atoms with Gasteiger partial charge in [-0.1, -0.05) is 36.0 Å². The molecule has 0 radical (unpaired) electrons. The lowest BCUT2D eigenvalue weighted by Crippen LogP contribution is -2.19. The summed E-state index contributed by atoms with van der Waals surface area (Å²) in [5, 5.41) is 11.5. The first-order valence-electron chi connectivity index (χ1n) is 5.20. The fraction of sp³-hybridized carbons (Fsp3) is 0.0833. The normalized spacial score (nSPS) is 12.9. The maximum Gasteiger partial charge on any atom is 0.192 e. The lowest BCUT2D eigenvalue weighted by Gasteiger charge is -2.05. The minimum absolute atomic E-state index is 0.100. The van der Waals surface area contributed by atoms with Crippen LogP contribution in [-0.4, -0.2) is 21.0 Å². The molecule has 0 spiro atoms. The van der Waals surface area contributed by atoms with E-state index in [1.165, 1.54) is 6.20 Å². The topological polar surface area (TPSA) is 110 Å². The number of allylic oxidation sites excluding steroid dienone is 5. The summed E-state index contributed by atoms with van der Waals surface area (Å²) in [6.07, 6.45) is 8.68. The van der Waals surface area contributed by atoms with Crippen molar-refractivity contribution in [1.82, 2.24) is 9.97 Å². The Labute approximate surface area is 105 Å². The first-order chi connectivity index (χ1) is 8.63. The molecule has 0 fully saturated rings. The van der Waals surface area contributed by atoms with Gasteiger partial charge in [0.15, 0.2) is 17.3 Å². The van der Waals surface area contributed by atoms with E-state index in [1.54, 1.807) is 6.08 Å². The smallest absolute Gasteiger partial charge is 0.192 e. The number of rotatable bonds is 4. The summed E-state index contributed by atoms with van der Waals surface area (Å²) in [6.45, 7) is 5.59. The summed E-state index contributed by atoms with van der Waals surface area (Å²) in [4.78, 5) is 8.15. The highest BCUT2D eigenvalue weighted by Crippen LogP contribution is 2.15. The zero-order valence-electron chi connectivity index (χ0n) is 10.0. The van der Waals surface area contributed by atoms with Gasteiger partial charge >= 0.3 is 0 Å². The number of hydrogen-bond donors (Lipinski definition) is 3. The van der Waals surface area contributed by atoms with E-state index in [4.69, 9.17) is 16.7 Å². The molecule has 0 aliphatic rings. The van der Waals surface area contributed by atoms with E-state index in [9.17, 15) is 0 Å². The molecule has 0 saturated heterocycles. The molecule has 1 aromatic heterocycles. The van der Waals surface area contributed by atoms with Gasteiger partial charge in [0.2, 0.25) is 0 Å². The molecule has 0 atom stereocenters. The third-order valence-electron chi connectivity index (χ3n) is 2.14. The minimum Gasteiger partial charge on any atom is -0.409 e. The van der Waals surface area contributed by atoms with E-state index in [0.717, 1.165) is 5.57 Å². The van der Waals surface area contributed by atoms with Crippen LogP contribution in [0, 0.1) is 0 Å². The lowest BCUT2D eigenvalue weighted by molar-refractivity contribution is 0.318. The van der Waals surface area contributed by atoms with Crippen LogP contribution in [0.3, 0.4) is 0 Å². The van der Waals surface area contributed by atoms with Gasteiger partial charge in [0.05, 0.1) is 11.9 Å². The number of hydrogen-bond acceptors (Lipinski definition) is 5. The highest BCUT2D eigenvalue weighted by molar-refractivity contribution is 5.99. The third-order valence-corrected chi connectivity index (χ3v) is 2.14. The van der Waals surface area contributed by atoms with Gasteiger partial charge in [0.25, 0.3) is 0 Å². The highest BCUT2D eigenvalue weighted by Gasteiger charge is 2.10. The number of amidine groups is 1. The summed E-state index contributed by atoms with van der Waals surface area (Å²) >= 11 is 0. The van der Waals surface area contributed by atoms with E-state index in [1.807, 2.05) is 25.2 Å². The predicted octanol–water partition coefficient (Wildman–Crippen LogP) is 1.30. The first kappa shape index (κ1) is 13.4. The third kappa shape index (κ3) is 2.94. The second-order valence-electron chi connectivity index (χ2n) is 3.33. The number of aromatic nitrogens is 2. The van der Waals surface area contributed by atoms with Crippen LogP contribution in [0.5, 0.6) is 0 Å². The van der Waals surface area contributed by atoms with Crippen molar-refractivity contribution in [3.8, 4) is 0 Å². The average Bonchev–Trinajstić information content (AvgIpc) is 2.40. The number of nitrogen functional groups attached to an aromatic ring is 1. The molecule has 0 amide bonds. The zero-order valence-corrected chi connectivity index (χ0v) is 10.0. The molecule has 0 aromatic carbocycles. The van der Waals surface area contributed by atoms with E-state index in [-0.39, 0.29) is 17.3 Å². The Balaban J connectivity index is 3.31. The molecular formula is C12H15N5O. The molecule has 1 heterocycles. The standard InChI is InChI=1S/C12H15N5O/c1-3-5-6-8(4-2)9-7-15-11(13)10(16-9)12(14)17-18/h3-7,18H,2H2,1H3,(H2,13,15)(H2,14,17)/b5-3-,8-6+. The van der Waals surface area contributed by atoms with Crippen molar-refractivity contribution in [2.75, 3.05) is 5.73 Å². The molecular weight excluding hydrogens is 230 g/mol. The largest absolute Gasteiger partial charge is 0.409 e. The Morgan fingerprint density at radius 3 is 2.83 bits per heavy atom. The minimum atomic E-state index is -0.184. The average molecular weight is 245 g/mol. The maximum absolute atomic E-state index is 8.63. The van der Waals surface area contributed by atoms with Gasteiger partial charge in [-0.25, -0.2) is 9.97 Å². The van der Waals surface area contributed by atoms with Crippen LogP contribution >= 0.6 is 0 Å². The van der Waals surface area contributed by atoms with Gasteiger partial charge in [0.1, 0.15) is 0 Å². The zero-order chi connectivity index (χ0) is 13.5. The first-order valence-corrected chi connectivity index (χ1v) is 5.20. The summed E-state index contributed by atoms with van der Waals surface area (Å²) < 4.78 is 0. The van der Waals surface area contributed by atoms with Gasteiger partial charge in [-0.2, -0.15) is 0 Å². The Bertz CT molecular complexity index is 531. The Hall–Kier alpha value is -2.63. The van der Waals surface area contributed by atoms with Crippen molar-refractivity contribution in [3.63, 3.8) is 0 Å². The summed E-state index contributed by atoms with van der Waals surface area (Å²) in [5.74, 6) is -0.0835. The number of nitrogens with zero attached hydrogens (tertiary/aromatic N) is 3. The molecule has 0 saturated carbocycles. The molecule has 6 nitrogen and oxygen atoms in total. The molecule has 0 bridgehead atoms. The SMILES string of the molecule is C=C/C(=C\C=C/C)c1cnc(N)c(/C(N)=N/O)n1. The summed E-state index contributed by atoms with van der Waals surface area (Å²) in [7, 11) is 0. The highest BCUT2D eigenvalue weighted by atomic mass is 16.4. The van der Waals surface area contributed by atoms with Crippen molar-refractivity contribution < 1.29 is 5.21 Å². The summed E-state index contributed by atoms with van der Waals surface area (Å²) in [6, 6.07) is 0. The molecule has 0 aliphatic carbocycles. The van der Waals surface area contributed by atoms with Gasteiger partial charge in [0, 0.05) is 5.57 Å². The lowest BCUT2D eigenvalue weighted by atomic mass is 10.1. The Morgan fingerprint density at radius 2 is 2.28 bits per heavy atom. The predicted molar refractivity (Wildman–Crippen MR) is 71.9 cm³/mol. The van der Waals surface area contributed by atoms with Gasteiger partial charge in [-0.3, -0.25) is 0 Å². The Morgan fingerprint density at radius 1 is 1.56 bits per heavy atom. The molecule has 5 N–H and O–H groups in total. The van der Waals surface area contributed by atoms with Gasteiger partial charge in [-0.05, 0) is 6.92 Å². The van der Waals surface area contributed by atoms with Crippen molar-refractivity contribution in [2.45, 2.75) is 6.92 Å². The van der Waals surface area contributed by atoms with E-state index < -0.39 is 0 Å². The van der Waals surface area contributed by atoms with Crippen LogP contribution in [0.15, 0.2) is 42.2 Å². The Kier molecular flexibility index (Phi) is 4.62. The fourth-order valence-electron chi connectivity index (χ4n) is 1.23. The van der Waals surface area contributed by atoms with Crippen LogP contribution in [0.4, 0.5) is 5.82 Å². The van der Waals surface area contributed by atoms with Crippen molar-refractivity contribution in [3.05, 3.63) is 48.5 Å². The van der Waals surface area contributed by atoms with Crippen molar-refractivity contribution >= 4 is 17.2 Å². The molecule has 94 valence electrons. The second kappa shape index (κ2) is 6.19. The molecule has 18 heavy (non-hydrogen) atoms. The molecule has 1 aromatic rings. The summed E-state index contributed by atoms with van der Waals surface area (Å²) in [5.41, 5.74) is 12.5.